The minimum absolute atomic E-state index is 0. The Balaban J connectivity index is 0.00000160. The van der Waals surface area contributed by atoms with Crippen molar-refractivity contribution in [3.8, 4) is 11.1 Å². The highest BCUT2D eigenvalue weighted by Gasteiger charge is 2.26. The minimum Gasteiger partial charge on any atom is -0.334 e. The lowest BCUT2D eigenvalue weighted by molar-refractivity contribution is 0.0623. The molecule has 1 amide bonds. The molecule has 4 rings (SSSR count). The van der Waals surface area contributed by atoms with Crippen LogP contribution in [0.5, 0.6) is 0 Å². The number of amides is 1. The number of benzene rings is 2. The van der Waals surface area contributed by atoms with Crippen molar-refractivity contribution in [2.24, 2.45) is 5.73 Å². The fourth-order valence-corrected chi connectivity index (χ4v) is 4.49. The summed E-state index contributed by atoms with van der Waals surface area (Å²) >= 11 is 0. The largest absolute Gasteiger partial charge is 0.334 e. The molecular formula is C24H33Cl2N3O. The van der Waals surface area contributed by atoms with Gasteiger partial charge < -0.3 is 10.6 Å². The maximum Gasteiger partial charge on any atom is 0.254 e. The van der Waals surface area contributed by atoms with Crippen molar-refractivity contribution in [3.05, 3.63) is 59.7 Å². The van der Waals surface area contributed by atoms with E-state index in [1.165, 1.54) is 43.5 Å². The van der Waals surface area contributed by atoms with Crippen LogP contribution in [0.2, 0.25) is 0 Å². The Hall–Kier alpha value is -1.59. The first-order valence-electron chi connectivity index (χ1n) is 10.7. The van der Waals surface area contributed by atoms with E-state index in [9.17, 15) is 4.79 Å². The molecule has 4 nitrogen and oxygen atoms in total. The van der Waals surface area contributed by atoms with E-state index in [0.717, 1.165) is 37.1 Å². The first-order chi connectivity index (χ1) is 13.7. The van der Waals surface area contributed by atoms with Crippen molar-refractivity contribution in [1.82, 2.24) is 9.80 Å². The van der Waals surface area contributed by atoms with E-state index in [1.54, 1.807) is 0 Å². The van der Waals surface area contributed by atoms with Gasteiger partial charge in [0.05, 0.1) is 0 Å². The molecule has 0 spiro atoms. The summed E-state index contributed by atoms with van der Waals surface area (Å²) < 4.78 is 0. The van der Waals surface area contributed by atoms with Gasteiger partial charge in [-0.15, -0.1) is 24.8 Å². The van der Waals surface area contributed by atoms with Gasteiger partial charge in [0.15, 0.2) is 0 Å². The number of rotatable bonds is 5. The molecule has 2 fully saturated rings. The number of hydrogen-bond acceptors (Lipinski definition) is 3. The van der Waals surface area contributed by atoms with Crippen molar-refractivity contribution in [2.75, 3.05) is 26.2 Å². The van der Waals surface area contributed by atoms with Crippen LogP contribution >= 0.6 is 24.8 Å². The molecule has 2 heterocycles. The highest BCUT2D eigenvalue weighted by atomic mass is 35.5. The lowest BCUT2D eigenvalue weighted by atomic mass is 9.99. The zero-order chi connectivity index (χ0) is 19.3. The summed E-state index contributed by atoms with van der Waals surface area (Å²) in [5.41, 5.74) is 10.4. The summed E-state index contributed by atoms with van der Waals surface area (Å²) in [6.45, 7) is 4.86. The average Bonchev–Trinajstić information content (AvgIpc) is 3.27. The predicted molar refractivity (Wildman–Crippen MR) is 129 cm³/mol. The second-order valence-electron chi connectivity index (χ2n) is 8.14. The minimum atomic E-state index is 0. The molecule has 0 saturated carbocycles. The van der Waals surface area contributed by atoms with E-state index in [2.05, 4.69) is 41.3 Å². The molecule has 2 aliphatic rings. The van der Waals surface area contributed by atoms with Crippen LogP contribution in [0.4, 0.5) is 0 Å². The van der Waals surface area contributed by atoms with Crippen molar-refractivity contribution in [3.63, 3.8) is 0 Å². The molecule has 30 heavy (non-hydrogen) atoms. The van der Waals surface area contributed by atoms with E-state index in [-0.39, 0.29) is 36.8 Å². The van der Waals surface area contributed by atoms with Crippen LogP contribution in [0.25, 0.3) is 11.1 Å². The molecule has 2 aromatic rings. The summed E-state index contributed by atoms with van der Waals surface area (Å²) in [6, 6.07) is 17.1. The third-order valence-electron chi connectivity index (χ3n) is 6.18. The van der Waals surface area contributed by atoms with Crippen LogP contribution in [0.3, 0.4) is 0 Å². The summed E-state index contributed by atoms with van der Waals surface area (Å²) in [6.07, 6.45) is 5.91. The molecule has 6 heteroatoms. The SMILES string of the molecule is Cl.Cl.NCC1CCCCN1C(=O)c1ccc(-c2ccc(CN3CCCC3)cc2)cc1. The molecule has 1 atom stereocenters. The summed E-state index contributed by atoms with van der Waals surface area (Å²) in [5.74, 6) is 0.114. The van der Waals surface area contributed by atoms with Gasteiger partial charge in [0, 0.05) is 31.2 Å². The number of carbonyl (C=O) groups excluding carboxylic acids is 1. The van der Waals surface area contributed by atoms with Gasteiger partial charge in [-0.2, -0.15) is 0 Å². The Morgan fingerprint density at radius 1 is 0.833 bits per heavy atom. The summed E-state index contributed by atoms with van der Waals surface area (Å²) in [4.78, 5) is 17.4. The number of halogens is 2. The third-order valence-corrected chi connectivity index (χ3v) is 6.18. The van der Waals surface area contributed by atoms with Crippen LogP contribution in [0, 0.1) is 0 Å². The molecule has 164 valence electrons. The Morgan fingerprint density at radius 2 is 1.40 bits per heavy atom. The van der Waals surface area contributed by atoms with Crippen LogP contribution in [-0.4, -0.2) is 47.9 Å². The number of nitrogens with two attached hydrogens (primary N) is 1. The molecule has 0 radical (unpaired) electrons. The van der Waals surface area contributed by atoms with E-state index in [1.807, 2.05) is 17.0 Å². The van der Waals surface area contributed by atoms with Crippen LogP contribution in [0.1, 0.15) is 48.0 Å². The maximum absolute atomic E-state index is 12.9. The Morgan fingerprint density at radius 3 is 2.00 bits per heavy atom. The second kappa shape index (κ2) is 11.7. The van der Waals surface area contributed by atoms with Gasteiger partial charge in [-0.1, -0.05) is 36.4 Å². The second-order valence-corrected chi connectivity index (χ2v) is 8.14. The highest BCUT2D eigenvalue weighted by Crippen LogP contribution is 2.24. The van der Waals surface area contributed by atoms with Crippen molar-refractivity contribution in [2.45, 2.75) is 44.7 Å². The van der Waals surface area contributed by atoms with Gasteiger partial charge in [0.2, 0.25) is 0 Å². The smallest absolute Gasteiger partial charge is 0.254 e. The monoisotopic (exact) mass is 449 g/mol. The third kappa shape index (κ3) is 5.76. The first-order valence-corrected chi connectivity index (χ1v) is 10.7. The molecule has 2 N–H and O–H groups in total. The molecular weight excluding hydrogens is 417 g/mol. The number of nitrogens with zero attached hydrogens (tertiary/aromatic N) is 2. The number of likely N-dealkylation sites (tertiary alicyclic amines) is 2. The number of piperidine rings is 1. The van der Waals surface area contributed by atoms with Crippen molar-refractivity contribution < 1.29 is 4.79 Å². The van der Waals surface area contributed by atoms with Gasteiger partial charge in [0.1, 0.15) is 0 Å². The molecule has 0 aromatic heterocycles. The fourth-order valence-electron chi connectivity index (χ4n) is 4.49. The summed E-state index contributed by atoms with van der Waals surface area (Å²) in [5, 5.41) is 0. The van der Waals surface area contributed by atoms with Gasteiger partial charge >= 0.3 is 0 Å². The van der Waals surface area contributed by atoms with E-state index < -0.39 is 0 Å². The quantitative estimate of drug-likeness (QED) is 0.716. The van der Waals surface area contributed by atoms with Crippen molar-refractivity contribution >= 4 is 30.7 Å². The van der Waals surface area contributed by atoms with E-state index >= 15 is 0 Å². The number of hydrogen-bond donors (Lipinski definition) is 1. The van der Waals surface area contributed by atoms with Gasteiger partial charge in [-0.05, 0) is 74.0 Å². The molecule has 2 aromatic carbocycles. The topological polar surface area (TPSA) is 49.6 Å². The van der Waals surface area contributed by atoms with E-state index in [4.69, 9.17) is 5.73 Å². The lowest BCUT2D eigenvalue weighted by Gasteiger charge is -2.35. The molecule has 2 aliphatic heterocycles. The fraction of sp³-hybridized carbons (Fsp3) is 0.458. The molecule has 0 bridgehead atoms. The van der Waals surface area contributed by atoms with Gasteiger partial charge in [-0.25, -0.2) is 0 Å². The average molecular weight is 450 g/mol. The lowest BCUT2D eigenvalue weighted by Crippen LogP contribution is -2.47. The first kappa shape index (κ1) is 24.7. The predicted octanol–water partition coefficient (Wildman–Crippen LogP) is 4.75. The molecule has 2 saturated heterocycles. The van der Waals surface area contributed by atoms with Gasteiger partial charge in [-0.3, -0.25) is 9.69 Å². The molecule has 1 unspecified atom stereocenters. The maximum atomic E-state index is 12.9. The Bertz CT molecular complexity index is 789. The van der Waals surface area contributed by atoms with Gasteiger partial charge in [0.25, 0.3) is 5.91 Å². The van der Waals surface area contributed by atoms with E-state index in [0.29, 0.717) is 6.54 Å². The van der Waals surface area contributed by atoms with Crippen LogP contribution in [-0.2, 0) is 6.54 Å². The number of carbonyl (C=O) groups is 1. The van der Waals surface area contributed by atoms with Crippen LogP contribution in [0.15, 0.2) is 48.5 Å². The Labute approximate surface area is 192 Å². The summed E-state index contributed by atoms with van der Waals surface area (Å²) in [7, 11) is 0. The zero-order valence-electron chi connectivity index (χ0n) is 17.5. The normalized spacial score (nSPS) is 19.1. The zero-order valence-corrected chi connectivity index (χ0v) is 19.1. The Kier molecular flexibility index (Phi) is 9.63. The standard InChI is InChI=1S/C24H31N3O.2ClH/c25-17-23-5-1-2-16-27(23)24(28)22-12-10-21(11-13-22)20-8-6-19(7-9-20)18-26-14-3-4-15-26;;/h6-13,23H,1-5,14-18,25H2;2*1H. The van der Waals surface area contributed by atoms with Crippen LogP contribution < -0.4 is 5.73 Å². The van der Waals surface area contributed by atoms with Crippen molar-refractivity contribution in [1.29, 1.82) is 0 Å². The molecule has 0 aliphatic carbocycles. The highest BCUT2D eigenvalue weighted by molar-refractivity contribution is 5.95.